The maximum Gasteiger partial charge on any atom is 0.191 e. The Morgan fingerprint density at radius 1 is 1.25 bits per heavy atom. The van der Waals surface area contributed by atoms with Gasteiger partial charge in [-0.15, -0.1) is 10.2 Å². The van der Waals surface area contributed by atoms with E-state index in [-0.39, 0.29) is 0 Å². The fraction of sp³-hybridized carbons (Fsp3) is 0.824. The van der Waals surface area contributed by atoms with E-state index in [0.717, 1.165) is 50.8 Å². The van der Waals surface area contributed by atoms with Crippen molar-refractivity contribution in [2.75, 3.05) is 32.7 Å². The molecular formula is C17H33N7. The van der Waals surface area contributed by atoms with Crippen LogP contribution < -0.4 is 10.6 Å². The summed E-state index contributed by atoms with van der Waals surface area (Å²) in [7, 11) is 0. The smallest absolute Gasteiger partial charge is 0.191 e. The molecule has 0 aromatic carbocycles. The number of hydrogen-bond donors (Lipinski definition) is 2. The maximum atomic E-state index is 4.80. The minimum absolute atomic E-state index is 0.562. The van der Waals surface area contributed by atoms with Crippen LogP contribution in [0.15, 0.2) is 11.3 Å². The van der Waals surface area contributed by atoms with E-state index < -0.39 is 0 Å². The second-order valence-electron chi connectivity index (χ2n) is 6.25. The van der Waals surface area contributed by atoms with E-state index in [0.29, 0.717) is 6.04 Å². The number of hydrogen-bond acceptors (Lipinski definition) is 4. The lowest BCUT2D eigenvalue weighted by Gasteiger charge is -2.25. The van der Waals surface area contributed by atoms with Crippen molar-refractivity contribution >= 4 is 5.96 Å². The summed E-state index contributed by atoms with van der Waals surface area (Å²) in [5.74, 6) is 1.93. The first kappa shape index (κ1) is 18.7. The van der Waals surface area contributed by atoms with Crippen LogP contribution in [0.25, 0.3) is 0 Å². The van der Waals surface area contributed by atoms with Gasteiger partial charge < -0.3 is 15.2 Å². The van der Waals surface area contributed by atoms with Gasteiger partial charge in [0.2, 0.25) is 0 Å². The van der Waals surface area contributed by atoms with Crippen LogP contribution in [0.3, 0.4) is 0 Å². The van der Waals surface area contributed by atoms with Crippen LogP contribution >= 0.6 is 0 Å². The second-order valence-corrected chi connectivity index (χ2v) is 6.25. The fourth-order valence-electron chi connectivity index (χ4n) is 3.18. The number of guanidine groups is 1. The minimum atomic E-state index is 0.562. The Kier molecular flexibility index (Phi) is 8.01. The average Bonchev–Trinajstić information content (AvgIpc) is 3.27. The summed E-state index contributed by atoms with van der Waals surface area (Å²) in [6.07, 6.45) is 6.52. The molecule has 0 amide bonds. The van der Waals surface area contributed by atoms with Gasteiger partial charge in [0.15, 0.2) is 5.96 Å². The van der Waals surface area contributed by atoms with Gasteiger partial charge in [0.1, 0.15) is 12.2 Å². The van der Waals surface area contributed by atoms with Crippen LogP contribution in [-0.2, 0) is 13.0 Å². The highest BCUT2D eigenvalue weighted by Crippen LogP contribution is 2.14. The number of aliphatic imine (C=N–C) groups is 1. The Morgan fingerprint density at radius 3 is 2.71 bits per heavy atom. The summed E-state index contributed by atoms with van der Waals surface area (Å²) in [6.45, 7) is 12.3. The van der Waals surface area contributed by atoms with E-state index in [2.05, 4.69) is 51.1 Å². The number of aryl methyl sites for hydroxylation is 1. The van der Waals surface area contributed by atoms with Gasteiger partial charge in [-0.1, -0.05) is 13.8 Å². The largest absolute Gasteiger partial charge is 0.357 e. The monoisotopic (exact) mass is 335 g/mol. The molecule has 1 aliphatic rings. The highest BCUT2D eigenvalue weighted by molar-refractivity contribution is 5.79. The number of rotatable bonds is 9. The van der Waals surface area contributed by atoms with Crippen molar-refractivity contribution in [1.82, 2.24) is 30.3 Å². The summed E-state index contributed by atoms with van der Waals surface area (Å²) < 4.78 is 2.09. The van der Waals surface area contributed by atoms with E-state index >= 15 is 0 Å². The first-order valence-corrected chi connectivity index (χ1v) is 9.41. The number of nitrogens with one attached hydrogen (secondary N) is 2. The van der Waals surface area contributed by atoms with Crippen molar-refractivity contribution in [1.29, 1.82) is 0 Å². The lowest BCUT2D eigenvalue weighted by molar-refractivity contribution is 0.242. The zero-order chi connectivity index (χ0) is 17.2. The molecule has 1 unspecified atom stereocenters. The van der Waals surface area contributed by atoms with E-state index in [9.17, 15) is 0 Å². The molecule has 0 bridgehead atoms. The number of likely N-dealkylation sites (tertiary alicyclic amines) is 1. The molecule has 7 nitrogen and oxygen atoms in total. The van der Waals surface area contributed by atoms with E-state index in [1.807, 2.05) is 0 Å². The molecule has 1 atom stereocenters. The zero-order valence-corrected chi connectivity index (χ0v) is 15.5. The zero-order valence-electron chi connectivity index (χ0n) is 15.5. The summed E-state index contributed by atoms with van der Waals surface area (Å²) in [5.41, 5.74) is 0. The molecule has 7 heteroatoms. The third-order valence-corrected chi connectivity index (χ3v) is 4.59. The average molecular weight is 336 g/mol. The number of nitrogens with zero attached hydrogens (tertiary/aromatic N) is 5. The van der Waals surface area contributed by atoms with Crippen molar-refractivity contribution in [3.05, 3.63) is 12.2 Å². The van der Waals surface area contributed by atoms with Gasteiger partial charge in [-0.2, -0.15) is 0 Å². The van der Waals surface area contributed by atoms with Crippen LogP contribution in [-0.4, -0.2) is 64.4 Å². The second kappa shape index (κ2) is 10.3. The van der Waals surface area contributed by atoms with E-state index in [1.165, 1.54) is 25.9 Å². The fourth-order valence-corrected chi connectivity index (χ4v) is 3.18. The SMILES string of the molecule is CCNC(=NCC(CC)N1CCCC1)NCCn1cnnc1CC. The van der Waals surface area contributed by atoms with Crippen LogP contribution in [0, 0.1) is 0 Å². The molecule has 0 aliphatic carbocycles. The van der Waals surface area contributed by atoms with Gasteiger partial charge in [0, 0.05) is 32.1 Å². The van der Waals surface area contributed by atoms with Gasteiger partial charge in [-0.3, -0.25) is 9.89 Å². The predicted octanol–water partition coefficient (Wildman–Crippen LogP) is 1.27. The van der Waals surface area contributed by atoms with Crippen LogP contribution in [0.5, 0.6) is 0 Å². The molecule has 1 aromatic heterocycles. The van der Waals surface area contributed by atoms with E-state index in [1.54, 1.807) is 6.33 Å². The van der Waals surface area contributed by atoms with Crippen molar-refractivity contribution in [3.8, 4) is 0 Å². The molecule has 1 fully saturated rings. The van der Waals surface area contributed by atoms with Crippen LogP contribution in [0.1, 0.15) is 45.9 Å². The molecule has 2 N–H and O–H groups in total. The minimum Gasteiger partial charge on any atom is -0.357 e. The lowest BCUT2D eigenvalue weighted by atomic mass is 10.2. The first-order valence-electron chi connectivity index (χ1n) is 9.41. The Labute approximate surface area is 145 Å². The van der Waals surface area contributed by atoms with Crippen molar-refractivity contribution in [2.24, 2.45) is 4.99 Å². The molecule has 2 heterocycles. The van der Waals surface area contributed by atoms with Gasteiger partial charge >= 0.3 is 0 Å². The molecule has 0 radical (unpaired) electrons. The Bertz CT molecular complexity index is 491. The van der Waals surface area contributed by atoms with Gasteiger partial charge in [0.25, 0.3) is 0 Å². The summed E-state index contributed by atoms with van der Waals surface area (Å²) in [6, 6.07) is 0.562. The number of aromatic nitrogens is 3. The van der Waals surface area contributed by atoms with Gasteiger partial charge in [-0.25, -0.2) is 0 Å². The third-order valence-electron chi connectivity index (χ3n) is 4.59. The van der Waals surface area contributed by atoms with Gasteiger partial charge in [-0.05, 0) is 39.3 Å². The Morgan fingerprint density at radius 2 is 2.04 bits per heavy atom. The molecule has 0 saturated carbocycles. The predicted molar refractivity (Wildman–Crippen MR) is 98.3 cm³/mol. The summed E-state index contributed by atoms with van der Waals surface area (Å²) >= 11 is 0. The molecule has 0 spiro atoms. The van der Waals surface area contributed by atoms with E-state index in [4.69, 9.17) is 4.99 Å². The molecule has 1 aromatic rings. The molecule has 1 aliphatic heterocycles. The highest BCUT2D eigenvalue weighted by atomic mass is 15.3. The molecule has 136 valence electrons. The maximum absolute atomic E-state index is 4.80. The first-order chi connectivity index (χ1) is 11.8. The van der Waals surface area contributed by atoms with Crippen molar-refractivity contribution in [2.45, 2.75) is 59.0 Å². The summed E-state index contributed by atoms with van der Waals surface area (Å²) in [4.78, 5) is 7.38. The molecule has 24 heavy (non-hydrogen) atoms. The van der Waals surface area contributed by atoms with Crippen molar-refractivity contribution < 1.29 is 0 Å². The standard InChI is InChI=1S/C17H33N7/c1-4-15(23-10-7-8-11-23)13-20-17(18-6-3)19-9-12-24-14-21-22-16(24)5-2/h14-15H,4-13H2,1-3H3,(H2,18,19,20). The summed E-state index contributed by atoms with van der Waals surface area (Å²) in [5, 5.41) is 14.9. The topological polar surface area (TPSA) is 70.4 Å². The molecular weight excluding hydrogens is 302 g/mol. The normalized spacial score (nSPS) is 17.2. The van der Waals surface area contributed by atoms with Crippen LogP contribution in [0.2, 0.25) is 0 Å². The Hall–Kier alpha value is -1.63. The molecule has 2 rings (SSSR count). The third kappa shape index (κ3) is 5.47. The van der Waals surface area contributed by atoms with Crippen LogP contribution in [0.4, 0.5) is 0 Å². The van der Waals surface area contributed by atoms with Crippen molar-refractivity contribution in [3.63, 3.8) is 0 Å². The highest BCUT2D eigenvalue weighted by Gasteiger charge is 2.20. The molecule has 1 saturated heterocycles. The lowest BCUT2D eigenvalue weighted by Crippen LogP contribution is -2.41. The quantitative estimate of drug-likeness (QED) is 0.525. The Balaban J connectivity index is 1.83. The van der Waals surface area contributed by atoms with Gasteiger partial charge in [0.05, 0.1) is 6.54 Å².